The van der Waals surface area contributed by atoms with E-state index >= 15 is 0 Å². The molecule has 1 aliphatic rings. The Balaban J connectivity index is 0.00000243. The molecule has 1 atom stereocenters. The highest BCUT2D eigenvalue weighted by Crippen LogP contribution is 2.30. The van der Waals surface area contributed by atoms with Gasteiger partial charge >= 0.3 is 0 Å². The number of hydrogen-bond donors (Lipinski definition) is 2. The molecule has 0 aliphatic heterocycles. The molecule has 5 nitrogen and oxygen atoms in total. The molecule has 2 N–H and O–H groups in total. The molecule has 7 heteroatoms. The number of guanidine groups is 1. The third-order valence-corrected chi connectivity index (χ3v) is 4.21. The number of benzene rings is 1. The molecule has 1 unspecified atom stereocenters. The normalized spacial score (nSPS) is 15.1. The fraction of sp³-hybridized carbons (Fsp3) is 0.421. The van der Waals surface area contributed by atoms with Crippen molar-refractivity contribution in [3.63, 3.8) is 0 Å². The lowest BCUT2D eigenvalue weighted by Crippen LogP contribution is -2.38. The zero-order valence-electron chi connectivity index (χ0n) is 15.0. The SMILES string of the molecule is CN=C(NCc1ccco1)NC(C)c1ccc(OCC2CC2)c(F)c1.I. The van der Waals surface area contributed by atoms with Crippen molar-refractivity contribution in [1.82, 2.24) is 10.6 Å². The molecule has 3 rings (SSSR count). The van der Waals surface area contributed by atoms with Crippen molar-refractivity contribution in [3.8, 4) is 5.75 Å². The summed E-state index contributed by atoms with van der Waals surface area (Å²) in [5.41, 5.74) is 0.831. The van der Waals surface area contributed by atoms with Crippen LogP contribution >= 0.6 is 24.0 Å². The van der Waals surface area contributed by atoms with E-state index < -0.39 is 0 Å². The van der Waals surface area contributed by atoms with Crippen molar-refractivity contribution < 1.29 is 13.5 Å². The van der Waals surface area contributed by atoms with Gasteiger partial charge in [0.2, 0.25) is 0 Å². The summed E-state index contributed by atoms with van der Waals surface area (Å²) < 4.78 is 25.0. The van der Waals surface area contributed by atoms with Gasteiger partial charge in [-0.15, -0.1) is 24.0 Å². The quantitative estimate of drug-likeness (QED) is 0.359. The lowest BCUT2D eigenvalue weighted by atomic mass is 10.1. The van der Waals surface area contributed by atoms with E-state index in [0.717, 1.165) is 11.3 Å². The summed E-state index contributed by atoms with van der Waals surface area (Å²) in [5.74, 6) is 2.04. The number of ether oxygens (including phenoxy) is 1. The molecule has 0 radical (unpaired) electrons. The Morgan fingerprint density at radius 2 is 2.19 bits per heavy atom. The molecule has 1 saturated carbocycles. The van der Waals surface area contributed by atoms with Crippen molar-refractivity contribution in [2.24, 2.45) is 10.9 Å². The maximum absolute atomic E-state index is 14.2. The van der Waals surface area contributed by atoms with Crippen LogP contribution in [0.4, 0.5) is 4.39 Å². The van der Waals surface area contributed by atoms with Crippen LogP contribution in [0.1, 0.15) is 37.1 Å². The molecule has 0 amide bonds. The Morgan fingerprint density at radius 1 is 1.38 bits per heavy atom. The van der Waals surface area contributed by atoms with Crippen LogP contribution in [0, 0.1) is 11.7 Å². The molecular formula is C19H25FIN3O2. The molecule has 1 aromatic heterocycles. The van der Waals surface area contributed by atoms with Gasteiger partial charge in [0.15, 0.2) is 17.5 Å². The first-order chi connectivity index (χ1) is 12.2. The van der Waals surface area contributed by atoms with Gasteiger partial charge in [-0.3, -0.25) is 4.99 Å². The summed E-state index contributed by atoms with van der Waals surface area (Å²) in [4.78, 5) is 4.18. The van der Waals surface area contributed by atoms with Crippen LogP contribution < -0.4 is 15.4 Å². The number of nitrogens with one attached hydrogen (secondary N) is 2. The van der Waals surface area contributed by atoms with Crippen molar-refractivity contribution in [3.05, 3.63) is 53.7 Å². The van der Waals surface area contributed by atoms with Gasteiger partial charge in [-0.25, -0.2) is 4.39 Å². The number of nitrogens with zero attached hydrogens (tertiary/aromatic N) is 1. The van der Waals surface area contributed by atoms with Crippen LogP contribution in [-0.2, 0) is 6.54 Å². The van der Waals surface area contributed by atoms with Gasteiger partial charge < -0.3 is 19.8 Å². The topological polar surface area (TPSA) is 58.8 Å². The first kappa shape index (κ1) is 20.5. The molecule has 1 aliphatic carbocycles. The fourth-order valence-electron chi connectivity index (χ4n) is 2.46. The van der Waals surface area contributed by atoms with Crippen molar-refractivity contribution >= 4 is 29.9 Å². The highest BCUT2D eigenvalue weighted by atomic mass is 127. The van der Waals surface area contributed by atoms with Gasteiger partial charge in [-0.2, -0.15) is 0 Å². The van der Waals surface area contributed by atoms with Crippen LogP contribution in [0.25, 0.3) is 0 Å². The predicted octanol–water partition coefficient (Wildman–Crippen LogP) is 4.25. The summed E-state index contributed by atoms with van der Waals surface area (Å²) in [6, 6.07) is 8.72. The van der Waals surface area contributed by atoms with Gasteiger partial charge in [0.25, 0.3) is 0 Å². The van der Waals surface area contributed by atoms with Gasteiger partial charge in [-0.05, 0) is 55.5 Å². The molecule has 1 fully saturated rings. The van der Waals surface area contributed by atoms with E-state index in [1.54, 1.807) is 19.4 Å². The Kier molecular flexibility index (Phi) is 7.74. The number of hydrogen-bond acceptors (Lipinski definition) is 3. The van der Waals surface area contributed by atoms with Crippen molar-refractivity contribution in [1.29, 1.82) is 0 Å². The Morgan fingerprint density at radius 3 is 2.81 bits per heavy atom. The van der Waals surface area contributed by atoms with Crippen molar-refractivity contribution in [2.75, 3.05) is 13.7 Å². The average Bonchev–Trinajstić information content (AvgIpc) is 3.30. The summed E-state index contributed by atoms with van der Waals surface area (Å²) in [6.45, 7) is 3.09. The average molecular weight is 473 g/mol. The number of aliphatic imine (C=N–C) groups is 1. The fourth-order valence-corrected chi connectivity index (χ4v) is 2.46. The highest BCUT2D eigenvalue weighted by molar-refractivity contribution is 14.0. The smallest absolute Gasteiger partial charge is 0.191 e. The second kappa shape index (κ2) is 9.80. The number of halogens is 2. The monoisotopic (exact) mass is 473 g/mol. The van der Waals surface area contributed by atoms with Gasteiger partial charge in [0, 0.05) is 7.05 Å². The van der Waals surface area contributed by atoms with Crippen LogP contribution in [0.15, 0.2) is 46.0 Å². The Bertz CT molecular complexity index is 718. The largest absolute Gasteiger partial charge is 0.490 e. The van der Waals surface area contributed by atoms with E-state index in [1.165, 1.54) is 18.9 Å². The molecule has 0 saturated heterocycles. The zero-order chi connectivity index (χ0) is 17.6. The van der Waals surface area contributed by atoms with E-state index in [9.17, 15) is 4.39 Å². The molecular weight excluding hydrogens is 448 g/mol. The van der Waals surface area contributed by atoms with Crippen molar-refractivity contribution in [2.45, 2.75) is 32.4 Å². The maximum Gasteiger partial charge on any atom is 0.191 e. The van der Waals surface area contributed by atoms with Gasteiger partial charge in [0.1, 0.15) is 5.76 Å². The van der Waals surface area contributed by atoms with Gasteiger partial charge in [0.05, 0.1) is 25.5 Å². The minimum absolute atomic E-state index is 0. The second-order valence-electron chi connectivity index (χ2n) is 6.32. The first-order valence-electron chi connectivity index (χ1n) is 8.57. The maximum atomic E-state index is 14.2. The molecule has 1 heterocycles. The lowest BCUT2D eigenvalue weighted by molar-refractivity contribution is 0.285. The third-order valence-electron chi connectivity index (χ3n) is 4.21. The second-order valence-corrected chi connectivity index (χ2v) is 6.32. The number of furan rings is 1. The lowest BCUT2D eigenvalue weighted by Gasteiger charge is -2.18. The van der Waals surface area contributed by atoms with Crippen LogP contribution in [0.5, 0.6) is 5.75 Å². The molecule has 1 aromatic carbocycles. The first-order valence-corrected chi connectivity index (χ1v) is 8.57. The van der Waals surface area contributed by atoms with E-state index in [0.29, 0.717) is 30.8 Å². The standard InChI is InChI=1S/C19H24FN3O2.HI/c1-13(23-19(21-2)22-11-16-4-3-9-24-16)15-7-8-18(17(20)10-15)25-12-14-5-6-14;/h3-4,7-10,13-14H,5-6,11-12H2,1-2H3,(H2,21,22,23);1H. The third kappa shape index (κ3) is 5.89. The molecule has 142 valence electrons. The summed E-state index contributed by atoms with van der Waals surface area (Å²) in [5, 5.41) is 6.41. The van der Waals surface area contributed by atoms with E-state index in [2.05, 4.69) is 15.6 Å². The Hall–Kier alpha value is -1.77. The van der Waals surface area contributed by atoms with Crippen LogP contribution in [-0.4, -0.2) is 19.6 Å². The molecule has 2 aromatic rings. The van der Waals surface area contributed by atoms with Crippen LogP contribution in [0.2, 0.25) is 0 Å². The molecule has 26 heavy (non-hydrogen) atoms. The van der Waals surface area contributed by atoms with Crippen LogP contribution in [0.3, 0.4) is 0 Å². The summed E-state index contributed by atoms with van der Waals surface area (Å²) in [7, 11) is 1.69. The predicted molar refractivity (Wildman–Crippen MR) is 110 cm³/mol. The number of rotatable bonds is 7. The highest BCUT2D eigenvalue weighted by Gasteiger charge is 2.22. The van der Waals surface area contributed by atoms with E-state index in [-0.39, 0.29) is 35.8 Å². The van der Waals surface area contributed by atoms with E-state index in [4.69, 9.17) is 9.15 Å². The Labute approximate surface area is 170 Å². The van der Waals surface area contributed by atoms with E-state index in [1.807, 2.05) is 25.1 Å². The molecule has 0 spiro atoms. The van der Waals surface area contributed by atoms with Gasteiger partial charge in [-0.1, -0.05) is 6.07 Å². The summed E-state index contributed by atoms with van der Waals surface area (Å²) >= 11 is 0. The zero-order valence-corrected chi connectivity index (χ0v) is 17.3. The summed E-state index contributed by atoms with van der Waals surface area (Å²) in [6.07, 6.45) is 4.00. The molecule has 0 bridgehead atoms. The minimum atomic E-state index is -0.328. The minimum Gasteiger partial charge on any atom is -0.490 e.